The number of aromatic nitrogens is 2. The number of alkyl halides is 2. The predicted octanol–water partition coefficient (Wildman–Crippen LogP) is 0.701. The molecule has 0 aliphatic carbocycles. The molecule has 0 spiro atoms. The monoisotopic (exact) mass is 205 g/mol. The number of rotatable bonds is 4. The first kappa shape index (κ1) is 10.9. The molecule has 0 fully saturated rings. The van der Waals surface area contributed by atoms with Gasteiger partial charge in [-0.05, 0) is 6.92 Å². The summed E-state index contributed by atoms with van der Waals surface area (Å²) in [5.41, 5.74) is 5.58. The molecule has 2 N–H and O–H groups in total. The van der Waals surface area contributed by atoms with Gasteiger partial charge in [0.05, 0.1) is 12.2 Å². The van der Waals surface area contributed by atoms with Crippen LogP contribution in [0.25, 0.3) is 0 Å². The predicted molar refractivity (Wildman–Crippen MR) is 47.4 cm³/mol. The molecule has 4 nitrogen and oxygen atoms in total. The van der Waals surface area contributed by atoms with E-state index in [0.29, 0.717) is 5.88 Å². The van der Waals surface area contributed by atoms with E-state index in [1.54, 1.807) is 20.0 Å². The van der Waals surface area contributed by atoms with Crippen molar-refractivity contribution in [3.05, 3.63) is 11.8 Å². The Bertz CT molecular complexity index is 312. The number of aryl methyl sites for hydroxylation is 2. The van der Waals surface area contributed by atoms with Crippen LogP contribution in [0.3, 0.4) is 0 Å². The first-order chi connectivity index (χ1) is 6.44. The molecule has 0 radical (unpaired) electrons. The molecule has 1 aromatic heterocycles. The van der Waals surface area contributed by atoms with E-state index in [9.17, 15) is 8.78 Å². The van der Waals surface area contributed by atoms with Gasteiger partial charge in [-0.2, -0.15) is 5.10 Å². The van der Waals surface area contributed by atoms with Crippen molar-refractivity contribution in [2.24, 2.45) is 12.8 Å². The van der Waals surface area contributed by atoms with Crippen LogP contribution >= 0.6 is 0 Å². The first-order valence-electron chi connectivity index (χ1n) is 4.16. The van der Waals surface area contributed by atoms with Crippen molar-refractivity contribution < 1.29 is 13.5 Å². The van der Waals surface area contributed by atoms with E-state index >= 15 is 0 Å². The van der Waals surface area contributed by atoms with Crippen LogP contribution < -0.4 is 10.5 Å². The highest BCUT2D eigenvalue weighted by Crippen LogP contribution is 2.16. The average Bonchev–Trinajstić information content (AvgIpc) is 2.42. The minimum atomic E-state index is -2.99. The number of halogens is 2. The van der Waals surface area contributed by atoms with Crippen LogP contribution in [0.15, 0.2) is 6.07 Å². The van der Waals surface area contributed by atoms with Crippen molar-refractivity contribution in [3.8, 4) is 5.88 Å². The number of hydrogen-bond donors (Lipinski definition) is 1. The fourth-order valence-corrected chi connectivity index (χ4v) is 0.960. The minimum absolute atomic E-state index is 0.315. The van der Waals surface area contributed by atoms with Crippen LogP contribution in [0.4, 0.5) is 8.78 Å². The molecule has 0 amide bonds. The fraction of sp³-hybridized carbons (Fsp3) is 0.625. The Balaban J connectivity index is 2.58. The summed E-state index contributed by atoms with van der Waals surface area (Å²) in [6.45, 7) is 0.320. The Morgan fingerprint density at radius 3 is 2.71 bits per heavy atom. The normalized spacial score (nSPS) is 11.8. The van der Waals surface area contributed by atoms with Gasteiger partial charge >= 0.3 is 0 Å². The summed E-state index contributed by atoms with van der Waals surface area (Å²) in [6, 6.07) is 1.59. The maximum Gasteiger partial charge on any atom is 0.293 e. The van der Waals surface area contributed by atoms with E-state index in [0.717, 1.165) is 5.69 Å². The lowest BCUT2D eigenvalue weighted by Crippen LogP contribution is -2.34. The quantitative estimate of drug-likeness (QED) is 0.787. The highest BCUT2D eigenvalue weighted by molar-refractivity contribution is 5.14. The molecule has 0 aliphatic rings. The second-order valence-corrected chi connectivity index (χ2v) is 3.10. The van der Waals surface area contributed by atoms with E-state index in [2.05, 4.69) is 5.10 Å². The molecule has 0 atom stereocenters. The zero-order valence-electron chi connectivity index (χ0n) is 8.13. The Labute approximate surface area is 80.6 Å². The van der Waals surface area contributed by atoms with Gasteiger partial charge in [0.15, 0.2) is 6.61 Å². The van der Waals surface area contributed by atoms with Crippen LogP contribution in [0.5, 0.6) is 5.88 Å². The van der Waals surface area contributed by atoms with Gasteiger partial charge in [-0.15, -0.1) is 0 Å². The number of nitrogens with zero attached hydrogens (tertiary/aromatic N) is 2. The van der Waals surface area contributed by atoms with Gasteiger partial charge in [0.2, 0.25) is 5.88 Å². The van der Waals surface area contributed by atoms with Crippen LogP contribution in [0.1, 0.15) is 5.69 Å². The molecule has 1 aromatic rings. The molecule has 1 heterocycles. The van der Waals surface area contributed by atoms with Gasteiger partial charge in [-0.1, -0.05) is 0 Å². The summed E-state index contributed by atoms with van der Waals surface area (Å²) in [7, 11) is 1.63. The summed E-state index contributed by atoms with van der Waals surface area (Å²) in [5, 5.41) is 3.95. The Morgan fingerprint density at radius 2 is 2.29 bits per heavy atom. The van der Waals surface area contributed by atoms with Crippen LogP contribution in [0.2, 0.25) is 0 Å². The van der Waals surface area contributed by atoms with Crippen molar-refractivity contribution in [2.75, 3.05) is 13.2 Å². The molecule has 80 valence electrons. The Morgan fingerprint density at radius 1 is 1.64 bits per heavy atom. The summed E-state index contributed by atoms with van der Waals surface area (Å²) >= 11 is 0. The first-order valence-corrected chi connectivity index (χ1v) is 4.16. The number of ether oxygens (including phenoxy) is 1. The summed E-state index contributed by atoms with van der Waals surface area (Å²) < 4.78 is 31.7. The SMILES string of the molecule is Cc1cc(OCC(F)(F)CN)n(C)n1. The number of nitrogens with two attached hydrogens (primary N) is 1. The lowest BCUT2D eigenvalue weighted by Gasteiger charge is -2.14. The largest absolute Gasteiger partial charge is 0.471 e. The van der Waals surface area contributed by atoms with Crippen molar-refractivity contribution in [1.82, 2.24) is 9.78 Å². The average molecular weight is 205 g/mol. The van der Waals surface area contributed by atoms with Crippen molar-refractivity contribution in [1.29, 1.82) is 0 Å². The second kappa shape index (κ2) is 3.91. The topological polar surface area (TPSA) is 53.1 Å². The van der Waals surface area contributed by atoms with Crippen LogP contribution in [-0.4, -0.2) is 28.9 Å². The maximum absolute atomic E-state index is 12.7. The smallest absolute Gasteiger partial charge is 0.293 e. The number of hydrogen-bond acceptors (Lipinski definition) is 3. The van der Waals surface area contributed by atoms with E-state index in [1.165, 1.54) is 4.68 Å². The van der Waals surface area contributed by atoms with Gasteiger partial charge in [0, 0.05) is 13.1 Å². The van der Waals surface area contributed by atoms with Crippen molar-refractivity contribution in [2.45, 2.75) is 12.8 Å². The molecular weight excluding hydrogens is 192 g/mol. The third-order valence-electron chi connectivity index (χ3n) is 1.69. The Kier molecular flexibility index (Phi) is 3.05. The van der Waals surface area contributed by atoms with Gasteiger partial charge in [0.25, 0.3) is 5.92 Å². The van der Waals surface area contributed by atoms with Gasteiger partial charge in [-0.3, -0.25) is 0 Å². The lowest BCUT2D eigenvalue weighted by molar-refractivity contribution is -0.0341. The molecule has 6 heteroatoms. The van der Waals surface area contributed by atoms with Crippen molar-refractivity contribution in [3.63, 3.8) is 0 Å². The van der Waals surface area contributed by atoms with Gasteiger partial charge in [0.1, 0.15) is 0 Å². The van der Waals surface area contributed by atoms with E-state index in [-0.39, 0.29) is 0 Å². The summed E-state index contributed by atoms with van der Waals surface area (Å²) in [5.74, 6) is -2.67. The molecule has 0 aliphatic heterocycles. The van der Waals surface area contributed by atoms with Gasteiger partial charge in [-0.25, -0.2) is 13.5 Å². The minimum Gasteiger partial charge on any atom is -0.471 e. The zero-order chi connectivity index (χ0) is 10.8. The lowest BCUT2D eigenvalue weighted by atomic mass is 10.4. The molecule has 0 bridgehead atoms. The zero-order valence-corrected chi connectivity index (χ0v) is 8.13. The molecular formula is C8H13F2N3O. The summed E-state index contributed by atoms with van der Waals surface area (Å²) in [6.07, 6.45) is 0. The fourth-order valence-electron chi connectivity index (χ4n) is 0.960. The molecule has 0 saturated heterocycles. The van der Waals surface area contributed by atoms with Crippen LogP contribution in [-0.2, 0) is 7.05 Å². The third-order valence-corrected chi connectivity index (χ3v) is 1.69. The maximum atomic E-state index is 12.7. The third kappa shape index (κ3) is 2.66. The molecule has 14 heavy (non-hydrogen) atoms. The standard InChI is InChI=1S/C8H13F2N3O/c1-6-3-7(13(2)12-6)14-5-8(9,10)4-11/h3H,4-5,11H2,1-2H3. The Hall–Kier alpha value is -1.17. The molecule has 0 aromatic carbocycles. The highest BCUT2D eigenvalue weighted by Gasteiger charge is 2.28. The molecule has 1 rings (SSSR count). The molecule has 0 unspecified atom stereocenters. The van der Waals surface area contributed by atoms with E-state index < -0.39 is 19.1 Å². The summed E-state index contributed by atoms with van der Waals surface area (Å²) in [4.78, 5) is 0. The highest BCUT2D eigenvalue weighted by atomic mass is 19.3. The molecule has 0 saturated carbocycles. The van der Waals surface area contributed by atoms with E-state index in [1.807, 2.05) is 0 Å². The van der Waals surface area contributed by atoms with E-state index in [4.69, 9.17) is 10.5 Å². The van der Waals surface area contributed by atoms with Crippen LogP contribution in [0, 0.1) is 6.92 Å². The second-order valence-electron chi connectivity index (χ2n) is 3.10. The van der Waals surface area contributed by atoms with Gasteiger partial charge < -0.3 is 10.5 Å². The van der Waals surface area contributed by atoms with Crippen molar-refractivity contribution >= 4 is 0 Å².